The average Bonchev–Trinajstić information content (AvgIpc) is 2.24. The van der Waals surface area contributed by atoms with E-state index in [9.17, 15) is 22.0 Å². The molecule has 0 saturated carbocycles. The van der Waals surface area contributed by atoms with E-state index in [-0.39, 0.29) is 17.3 Å². The molecule has 0 aromatic rings. The fraction of sp³-hybridized carbons (Fsp3) is 0.875. The number of hydrogen-bond acceptors (Lipinski definition) is 1. The van der Waals surface area contributed by atoms with Crippen LogP contribution in [-0.4, -0.2) is 25.7 Å². The lowest BCUT2D eigenvalue weighted by Crippen LogP contribution is -2.36. The lowest BCUT2D eigenvalue weighted by Gasteiger charge is -2.34. The molecule has 0 amide bonds. The highest BCUT2D eigenvalue weighted by Crippen LogP contribution is 2.39. The summed E-state index contributed by atoms with van der Waals surface area (Å²) in [5, 5.41) is 3.13. The quantitative estimate of drug-likeness (QED) is 0.430. The fourth-order valence-electron chi connectivity index (χ4n) is 2.84. The molecule has 0 bridgehead atoms. The first-order valence-electron chi connectivity index (χ1n) is 7.47. The van der Waals surface area contributed by atoms with Crippen LogP contribution in [0, 0.1) is 10.8 Å². The van der Waals surface area contributed by atoms with Gasteiger partial charge in [0.25, 0.3) is 0 Å². The van der Waals surface area contributed by atoms with Crippen molar-refractivity contribution in [1.29, 1.82) is 0 Å². The Morgan fingerprint density at radius 2 is 1.41 bits per heavy atom. The second kappa shape index (κ2) is 7.75. The minimum atomic E-state index is -5.46. The highest BCUT2D eigenvalue weighted by Gasteiger charge is 2.56. The van der Waals surface area contributed by atoms with Gasteiger partial charge in [0.2, 0.25) is 0 Å². The summed E-state index contributed by atoms with van der Waals surface area (Å²) in [6.45, 7) is 9.27. The van der Waals surface area contributed by atoms with Crippen LogP contribution >= 0.6 is 0 Å². The predicted octanol–water partition coefficient (Wildman–Crippen LogP) is 5.57. The molecule has 0 aliphatic carbocycles. The van der Waals surface area contributed by atoms with Crippen LogP contribution in [0.4, 0.5) is 22.0 Å². The van der Waals surface area contributed by atoms with Gasteiger partial charge in [-0.1, -0.05) is 39.8 Å². The van der Waals surface area contributed by atoms with Crippen LogP contribution in [0.2, 0.25) is 0 Å². The lowest BCUT2D eigenvalue weighted by atomic mass is 9.73. The molecule has 0 fully saturated rings. The maximum atomic E-state index is 12.7. The summed E-state index contributed by atoms with van der Waals surface area (Å²) in [7, 11) is 1.88. The minimum Gasteiger partial charge on any atom is -0.319 e. The first-order chi connectivity index (χ1) is 9.72. The molecule has 0 aromatic carbocycles. The third-order valence-electron chi connectivity index (χ3n) is 3.49. The highest BCUT2D eigenvalue weighted by molar-refractivity contribution is 4.91. The van der Waals surface area contributed by atoms with E-state index in [4.69, 9.17) is 0 Å². The van der Waals surface area contributed by atoms with Gasteiger partial charge in [-0.3, -0.25) is 0 Å². The molecular formula is C16H28F5N. The summed E-state index contributed by atoms with van der Waals surface area (Å²) < 4.78 is 61.5. The van der Waals surface area contributed by atoms with E-state index < -0.39 is 18.5 Å². The number of nitrogens with one attached hydrogen (secondary N) is 1. The van der Waals surface area contributed by atoms with E-state index in [1.165, 1.54) is 6.08 Å². The van der Waals surface area contributed by atoms with Gasteiger partial charge in [-0.25, -0.2) is 0 Å². The Morgan fingerprint density at radius 3 is 1.86 bits per heavy atom. The van der Waals surface area contributed by atoms with Gasteiger partial charge in [0, 0.05) is 6.42 Å². The van der Waals surface area contributed by atoms with Crippen LogP contribution in [0.25, 0.3) is 0 Å². The van der Waals surface area contributed by atoms with Crippen LogP contribution in [0.5, 0.6) is 0 Å². The summed E-state index contributed by atoms with van der Waals surface area (Å²) >= 11 is 0. The standard InChI is InChI=1S/C16H28F5N/c1-13(2,11-14(3,4)12-22-5)9-7-6-8-10-15(17,18)16(19,20)21/h6-7,22H,8-12H2,1-5H3/b7-6-. The first kappa shape index (κ1) is 21.4. The zero-order chi connectivity index (χ0) is 17.7. The first-order valence-corrected chi connectivity index (χ1v) is 7.47. The van der Waals surface area contributed by atoms with E-state index in [1.807, 2.05) is 7.05 Å². The topological polar surface area (TPSA) is 12.0 Å². The Labute approximate surface area is 130 Å². The van der Waals surface area contributed by atoms with E-state index >= 15 is 0 Å². The Hall–Kier alpha value is -0.650. The molecule has 0 aliphatic rings. The smallest absolute Gasteiger partial charge is 0.319 e. The average molecular weight is 329 g/mol. The number of alkyl halides is 5. The van der Waals surface area contributed by atoms with Crippen molar-refractivity contribution in [1.82, 2.24) is 5.32 Å². The van der Waals surface area contributed by atoms with Crippen LogP contribution in [0.1, 0.15) is 53.4 Å². The Bertz CT molecular complexity index is 356. The molecular weight excluding hydrogens is 301 g/mol. The van der Waals surface area contributed by atoms with Crippen LogP contribution in [0.3, 0.4) is 0 Å². The number of rotatable bonds is 9. The Kier molecular flexibility index (Phi) is 7.52. The second-order valence-electron chi connectivity index (χ2n) is 7.45. The molecule has 132 valence electrons. The summed E-state index contributed by atoms with van der Waals surface area (Å²) in [6, 6.07) is 0. The molecule has 22 heavy (non-hydrogen) atoms. The number of allylic oxidation sites excluding steroid dienone is 2. The summed E-state index contributed by atoms with van der Waals surface area (Å²) in [4.78, 5) is 0. The SMILES string of the molecule is CNCC(C)(C)CC(C)(C)C/C=C\CCC(F)(F)C(F)(F)F. The zero-order valence-electron chi connectivity index (χ0n) is 14.1. The molecule has 6 heteroatoms. The third-order valence-corrected chi connectivity index (χ3v) is 3.49. The van der Waals surface area contributed by atoms with E-state index in [1.54, 1.807) is 6.08 Å². The van der Waals surface area contributed by atoms with Gasteiger partial charge in [-0.05, 0) is 43.7 Å². The van der Waals surface area contributed by atoms with E-state index in [2.05, 4.69) is 33.0 Å². The molecule has 0 aliphatic heterocycles. The molecule has 0 radical (unpaired) electrons. The van der Waals surface area contributed by atoms with Gasteiger partial charge in [-0.2, -0.15) is 22.0 Å². The Morgan fingerprint density at radius 1 is 0.864 bits per heavy atom. The Balaban J connectivity index is 4.32. The van der Waals surface area contributed by atoms with Crippen LogP contribution in [-0.2, 0) is 0 Å². The molecule has 0 heterocycles. The number of hydrogen-bond donors (Lipinski definition) is 1. The van der Waals surface area contributed by atoms with Crippen molar-refractivity contribution in [3.05, 3.63) is 12.2 Å². The van der Waals surface area contributed by atoms with Gasteiger partial charge >= 0.3 is 12.1 Å². The van der Waals surface area contributed by atoms with Gasteiger partial charge in [0.15, 0.2) is 0 Å². The third kappa shape index (κ3) is 8.11. The van der Waals surface area contributed by atoms with Crippen LogP contribution in [0.15, 0.2) is 12.2 Å². The van der Waals surface area contributed by atoms with Gasteiger partial charge in [0.05, 0.1) is 0 Å². The number of halogens is 5. The second-order valence-corrected chi connectivity index (χ2v) is 7.45. The van der Waals surface area contributed by atoms with E-state index in [0.717, 1.165) is 13.0 Å². The van der Waals surface area contributed by atoms with Crippen molar-refractivity contribution < 1.29 is 22.0 Å². The molecule has 0 spiro atoms. The molecule has 0 saturated heterocycles. The maximum absolute atomic E-state index is 12.7. The molecule has 0 unspecified atom stereocenters. The van der Waals surface area contributed by atoms with E-state index in [0.29, 0.717) is 6.42 Å². The predicted molar refractivity (Wildman–Crippen MR) is 80.1 cm³/mol. The van der Waals surface area contributed by atoms with Gasteiger partial charge in [0.1, 0.15) is 0 Å². The highest BCUT2D eigenvalue weighted by atomic mass is 19.4. The summed E-state index contributed by atoms with van der Waals surface area (Å²) in [5.41, 5.74) is 0.0544. The van der Waals surface area contributed by atoms with Crippen molar-refractivity contribution in [2.75, 3.05) is 13.6 Å². The summed E-state index contributed by atoms with van der Waals surface area (Å²) in [6.07, 6.45) is -2.23. The van der Waals surface area contributed by atoms with Crippen molar-refractivity contribution in [3.8, 4) is 0 Å². The molecule has 1 nitrogen and oxygen atoms in total. The monoisotopic (exact) mass is 329 g/mol. The fourth-order valence-corrected chi connectivity index (χ4v) is 2.84. The normalized spacial score (nSPS) is 14.8. The maximum Gasteiger partial charge on any atom is 0.453 e. The largest absolute Gasteiger partial charge is 0.453 e. The van der Waals surface area contributed by atoms with Crippen molar-refractivity contribution in [2.45, 2.75) is 65.5 Å². The lowest BCUT2D eigenvalue weighted by molar-refractivity contribution is -0.283. The molecule has 0 atom stereocenters. The van der Waals surface area contributed by atoms with Crippen molar-refractivity contribution in [2.24, 2.45) is 10.8 Å². The van der Waals surface area contributed by atoms with Crippen molar-refractivity contribution >= 4 is 0 Å². The van der Waals surface area contributed by atoms with Gasteiger partial charge < -0.3 is 5.32 Å². The van der Waals surface area contributed by atoms with Gasteiger partial charge in [-0.15, -0.1) is 0 Å². The van der Waals surface area contributed by atoms with Crippen molar-refractivity contribution in [3.63, 3.8) is 0 Å². The zero-order valence-corrected chi connectivity index (χ0v) is 14.1. The van der Waals surface area contributed by atoms with Crippen LogP contribution < -0.4 is 5.32 Å². The molecule has 1 N–H and O–H groups in total. The molecule has 0 rings (SSSR count). The molecule has 0 aromatic heterocycles. The minimum absolute atomic E-state index is 0.0383. The summed E-state index contributed by atoms with van der Waals surface area (Å²) in [5.74, 6) is -4.61.